The lowest BCUT2D eigenvalue weighted by atomic mass is 9.87. The third-order valence-corrected chi connectivity index (χ3v) is 4.69. The standard InChI is InChI=1S/C16H24N2O2/c1-11-12(2)18(7-6-14(11)17)13-4-5-15-16(10-13)20-9-3-8-19-15/h4-5,10-12,14H,3,6-9,17H2,1-2H3. The van der Waals surface area contributed by atoms with Gasteiger partial charge in [-0.2, -0.15) is 0 Å². The van der Waals surface area contributed by atoms with Crippen LogP contribution in [0.25, 0.3) is 0 Å². The van der Waals surface area contributed by atoms with Crippen molar-refractivity contribution in [2.75, 3.05) is 24.7 Å². The molecule has 2 aliphatic heterocycles. The molecule has 0 aromatic heterocycles. The van der Waals surface area contributed by atoms with Crippen molar-refractivity contribution in [1.29, 1.82) is 0 Å². The summed E-state index contributed by atoms with van der Waals surface area (Å²) in [5, 5.41) is 0. The molecule has 2 N–H and O–H groups in total. The Labute approximate surface area is 120 Å². The van der Waals surface area contributed by atoms with Crippen LogP contribution in [0.15, 0.2) is 18.2 Å². The Morgan fingerprint density at radius 3 is 2.70 bits per heavy atom. The first-order valence-corrected chi connectivity index (χ1v) is 7.58. The molecule has 110 valence electrons. The summed E-state index contributed by atoms with van der Waals surface area (Å²) < 4.78 is 11.5. The Balaban J connectivity index is 1.85. The minimum absolute atomic E-state index is 0.307. The number of anilines is 1. The molecule has 1 saturated heterocycles. The van der Waals surface area contributed by atoms with Crippen molar-refractivity contribution in [3.8, 4) is 11.5 Å². The number of piperidine rings is 1. The first kappa shape index (κ1) is 13.6. The maximum absolute atomic E-state index is 6.17. The van der Waals surface area contributed by atoms with Crippen LogP contribution in [-0.2, 0) is 0 Å². The van der Waals surface area contributed by atoms with Crippen LogP contribution in [0.1, 0.15) is 26.7 Å². The van der Waals surface area contributed by atoms with Gasteiger partial charge in [-0.05, 0) is 31.4 Å². The van der Waals surface area contributed by atoms with Crippen molar-refractivity contribution < 1.29 is 9.47 Å². The Bertz CT molecular complexity index is 478. The number of hydrogen-bond acceptors (Lipinski definition) is 4. The van der Waals surface area contributed by atoms with Gasteiger partial charge >= 0.3 is 0 Å². The summed E-state index contributed by atoms with van der Waals surface area (Å²) in [6.45, 7) is 6.97. The zero-order valence-electron chi connectivity index (χ0n) is 12.3. The summed E-state index contributed by atoms with van der Waals surface area (Å²) in [7, 11) is 0. The summed E-state index contributed by atoms with van der Waals surface area (Å²) in [6.07, 6.45) is 1.98. The first-order valence-electron chi connectivity index (χ1n) is 7.58. The smallest absolute Gasteiger partial charge is 0.163 e. The van der Waals surface area contributed by atoms with E-state index in [1.807, 2.05) is 6.07 Å². The van der Waals surface area contributed by atoms with Gasteiger partial charge in [-0.3, -0.25) is 0 Å². The molecule has 0 radical (unpaired) electrons. The molecule has 0 bridgehead atoms. The predicted octanol–water partition coefficient (Wildman–Crippen LogP) is 2.41. The molecule has 2 aliphatic rings. The van der Waals surface area contributed by atoms with Crippen LogP contribution < -0.4 is 20.1 Å². The number of rotatable bonds is 1. The molecule has 1 fully saturated rings. The molecule has 0 amide bonds. The molecule has 1 aromatic rings. The largest absolute Gasteiger partial charge is 0.490 e. The Hall–Kier alpha value is -1.42. The maximum atomic E-state index is 6.17. The van der Waals surface area contributed by atoms with E-state index in [1.54, 1.807) is 0 Å². The molecule has 0 saturated carbocycles. The molecule has 3 rings (SSSR count). The second-order valence-corrected chi connectivity index (χ2v) is 5.93. The Kier molecular flexibility index (Phi) is 3.74. The summed E-state index contributed by atoms with van der Waals surface area (Å²) in [5.74, 6) is 2.23. The number of fused-ring (bicyclic) bond motifs is 1. The van der Waals surface area contributed by atoms with Gasteiger partial charge in [0.2, 0.25) is 0 Å². The van der Waals surface area contributed by atoms with Crippen LogP contribution in [0.3, 0.4) is 0 Å². The van der Waals surface area contributed by atoms with E-state index >= 15 is 0 Å². The van der Waals surface area contributed by atoms with E-state index in [2.05, 4.69) is 30.9 Å². The van der Waals surface area contributed by atoms with Gasteiger partial charge in [-0.1, -0.05) is 6.92 Å². The van der Waals surface area contributed by atoms with Gasteiger partial charge in [-0.25, -0.2) is 0 Å². The lowest BCUT2D eigenvalue weighted by Gasteiger charge is -2.43. The van der Waals surface area contributed by atoms with Crippen molar-refractivity contribution in [2.24, 2.45) is 11.7 Å². The van der Waals surface area contributed by atoms with Gasteiger partial charge in [0.1, 0.15) is 0 Å². The van der Waals surface area contributed by atoms with E-state index in [0.29, 0.717) is 18.0 Å². The quantitative estimate of drug-likeness (QED) is 0.855. The van der Waals surface area contributed by atoms with Crippen LogP contribution in [0.5, 0.6) is 11.5 Å². The average molecular weight is 276 g/mol. The second kappa shape index (κ2) is 5.52. The summed E-state index contributed by atoms with van der Waals surface area (Å²) in [4.78, 5) is 2.43. The highest BCUT2D eigenvalue weighted by Crippen LogP contribution is 2.36. The summed E-state index contributed by atoms with van der Waals surface area (Å²) >= 11 is 0. The lowest BCUT2D eigenvalue weighted by molar-refractivity contribution is 0.296. The fraction of sp³-hybridized carbons (Fsp3) is 0.625. The molecular formula is C16H24N2O2. The van der Waals surface area contributed by atoms with Crippen LogP contribution in [-0.4, -0.2) is 31.8 Å². The van der Waals surface area contributed by atoms with Crippen molar-refractivity contribution >= 4 is 5.69 Å². The van der Waals surface area contributed by atoms with Crippen molar-refractivity contribution in [3.05, 3.63) is 18.2 Å². The molecule has 0 aliphatic carbocycles. The van der Waals surface area contributed by atoms with Crippen LogP contribution >= 0.6 is 0 Å². The number of nitrogens with two attached hydrogens (primary N) is 1. The van der Waals surface area contributed by atoms with Gasteiger partial charge in [0.15, 0.2) is 11.5 Å². The number of hydrogen-bond donors (Lipinski definition) is 1. The normalized spacial score (nSPS) is 29.9. The Morgan fingerprint density at radius 1 is 1.15 bits per heavy atom. The average Bonchev–Trinajstić information content (AvgIpc) is 2.69. The Morgan fingerprint density at radius 2 is 1.90 bits per heavy atom. The highest BCUT2D eigenvalue weighted by atomic mass is 16.5. The maximum Gasteiger partial charge on any atom is 0.163 e. The third kappa shape index (κ3) is 2.44. The highest BCUT2D eigenvalue weighted by Gasteiger charge is 2.30. The summed E-state index contributed by atoms with van der Waals surface area (Å²) in [5.41, 5.74) is 7.38. The fourth-order valence-corrected chi connectivity index (χ4v) is 3.09. The van der Waals surface area contributed by atoms with Crippen LogP contribution in [0.2, 0.25) is 0 Å². The summed E-state index contributed by atoms with van der Waals surface area (Å²) in [6, 6.07) is 7.03. The molecule has 4 nitrogen and oxygen atoms in total. The van der Waals surface area contributed by atoms with Gasteiger partial charge < -0.3 is 20.1 Å². The van der Waals surface area contributed by atoms with Gasteiger partial charge in [0.05, 0.1) is 13.2 Å². The second-order valence-electron chi connectivity index (χ2n) is 5.93. The minimum atomic E-state index is 0.307. The van der Waals surface area contributed by atoms with E-state index in [0.717, 1.165) is 44.1 Å². The molecule has 3 atom stereocenters. The molecule has 0 spiro atoms. The fourth-order valence-electron chi connectivity index (χ4n) is 3.09. The predicted molar refractivity (Wildman–Crippen MR) is 80.6 cm³/mol. The zero-order valence-corrected chi connectivity index (χ0v) is 12.3. The molecule has 4 heteroatoms. The molecule has 3 unspecified atom stereocenters. The van der Waals surface area contributed by atoms with E-state index in [9.17, 15) is 0 Å². The minimum Gasteiger partial charge on any atom is -0.490 e. The van der Waals surface area contributed by atoms with Crippen LogP contribution in [0.4, 0.5) is 5.69 Å². The van der Waals surface area contributed by atoms with Gasteiger partial charge in [-0.15, -0.1) is 0 Å². The first-order chi connectivity index (χ1) is 9.66. The van der Waals surface area contributed by atoms with E-state index in [4.69, 9.17) is 15.2 Å². The van der Waals surface area contributed by atoms with E-state index in [-0.39, 0.29) is 0 Å². The topological polar surface area (TPSA) is 47.7 Å². The SMILES string of the molecule is CC1C(N)CCN(c2ccc3c(c2)OCCCO3)C1C. The van der Waals surface area contributed by atoms with Crippen molar-refractivity contribution in [3.63, 3.8) is 0 Å². The van der Waals surface area contributed by atoms with Crippen LogP contribution in [0, 0.1) is 5.92 Å². The third-order valence-electron chi connectivity index (χ3n) is 4.69. The van der Waals surface area contributed by atoms with E-state index in [1.165, 1.54) is 5.69 Å². The highest BCUT2D eigenvalue weighted by molar-refractivity contribution is 5.57. The number of benzene rings is 1. The lowest BCUT2D eigenvalue weighted by Crippen LogP contribution is -2.51. The molecule has 20 heavy (non-hydrogen) atoms. The molecule has 1 aromatic carbocycles. The zero-order chi connectivity index (χ0) is 14.1. The van der Waals surface area contributed by atoms with Gasteiger partial charge in [0, 0.05) is 36.8 Å². The molecular weight excluding hydrogens is 252 g/mol. The van der Waals surface area contributed by atoms with Gasteiger partial charge in [0.25, 0.3) is 0 Å². The monoisotopic (exact) mass is 276 g/mol. The molecule has 2 heterocycles. The van der Waals surface area contributed by atoms with Crippen molar-refractivity contribution in [2.45, 2.75) is 38.8 Å². The van der Waals surface area contributed by atoms with E-state index < -0.39 is 0 Å². The number of ether oxygens (including phenoxy) is 2. The van der Waals surface area contributed by atoms with Crippen molar-refractivity contribution in [1.82, 2.24) is 0 Å². The number of nitrogens with zero attached hydrogens (tertiary/aromatic N) is 1.